The van der Waals surface area contributed by atoms with Gasteiger partial charge in [0.05, 0.1) is 0 Å². The highest BCUT2D eigenvalue weighted by atomic mass is 19.1. The molecule has 2 aromatic carbocycles. The zero-order valence-electron chi connectivity index (χ0n) is 15.2. The number of aromatic nitrogens is 2. The molecule has 1 aliphatic carbocycles. The SMILES string of the molecule is C[C@H](NC(=O)[C@H]1C[C@@H]1c1cc(F)ccc1F)c1nc(Cc2ccccc2)no1. The largest absolute Gasteiger partial charge is 0.344 e. The number of amides is 1. The van der Waals surface area contributed by atoms with E-state index in [1.165, 1.54) is 0 Å². The Morgan fingerprint density at radius 2 is 2.04 bits per heavy atom. The number of hydrogen-bond acceptors (Lipinski definition) is 4. The van der Waals surface area contributed by atoms with Gasteiger partial charge in [-0.05, 0) is 48.6 Å². The Morgan fingerprint density at radius 1 is 1.25 bits per heavy atom. The molecular formula is C21H19F2N3O2. The summed E-state index contributed by atoms with van der Waals surface area (Å²) in [6.07, 6.45) is 1.02. The molecule has 0 bridgehead atoms. The number of nitrogens with one attached hydrogen (secondary N) is 1. The molecule has 3 aromatic rings. The van der Waals surface area contributed by atoms with Gasteiger partial charge in [0.25, 0.3) is 0 Å². The summed E-state index contributed by atoms with van der Waals surface area (Å²) in [6.45, 7) is 1.75. The number of hydrogen-bond donors (Lipinski definition) is 1. The van der Waals surface area contributed by atoms with Crippen LogP contribution in [0.2, 0.25) is 0 Å². The van der Waals surface area contributed by atoms with Gasteiger partial charge in [0.15, 0.2) is 5.82 Å². The van der Waals surface area contributed by atoms with E-state index in [-0.39, 0.29) is 23.3 Å². The minimum absolute atomic E-state index is 0.232. The van der Waals surface area contributed by atoms with Gasteiger partial charge in [0, 0.05) is 12.3 Å². The summed E-state index contributed by atoms with van der Waals surface area (Å²) in [5, 5.41) is 6.77. The number of rotatable bonds is 6. The average molecular weight is 383 g/mol. The molecule has 0 unspecified atom stereocenters. The molecule has 0 spiro atoms. The van der Waals surface area contributed by atoms with Gasteiger partial charge < -0.3 is 9.84 Å². The van der Waals surface area contributed by atoms with Gasteiger partial charge in [0.2, 0.25) is 11.8 Å². The van der Waals surface area contributed by atoms with E-state index in [0.29, 0.717) is 24.6 Å². The van der Waals surface area contributed by atoms with Crippen LogP contribution in [0.5, 0.6) is 0 Å². The van der Waals surface area contributed by atoms with Crippen LogP contribution < -0.4 is 5.32 Å². The van der Waals surface area contributed by atoms with Gasteiger partial charge in [-0.2, -0.15) is 4.98 Å². The first-order chi connectivity index (χ1) is 13.5. The standard InChI is InChI=1S/C21H19F2N3O2/c1-12(21-25-19(26-28-21)9-13-5-3-2-4-6-13)24-20(27)17-11-15(17)16-10-14(22)7-8-18(16)23/h2-8,10,12,15,17H,9,11H2,1H3,(H,24,27)/t12-,15+,17-/m0/s1. The second-order valence-corrected chi connectivity index (χ2v) is 7.06. The zero-order chi connectivity index (χ0) is 19.7. The van der Waals surface area contributed by atoms with Crippen LogP contribution >= 0.6 is 0 Å². The van der Waals surface area contributed by atoms with E-state index in [4.69, 9.17) is 4.52 Å². The van der Waals surface area contributed by atoms with Crippen molar-refractivity contribution in [3.8, 4) is 0 Å². The molecule has 1 amide bonds. The topological polar surface area (TPSA) is 68.0 Å². The maximum Gasteiger partial charge on any atom is 0.248 e. The van der Waals surface area contributed by atoms with Crippen molar-refractivity contribution in [3.05, 3.63) is 83.0 Å². The number of carbonyl (C=O) groups is 1. The van der Waals surface area contributed by atoms with Crippen molar-refractivity contribution in [3.63, 3.8) is 0 Å². The molecule has 0 radical (unpaired) electrons. The van der Waals surface area contributed by atoms with E-state index in [1.54, 1.807) is 6.92 Å². The summed E-state index contributed by atoms with van der Waals surface area (Å²) < 4.78 is 32.5. The highest BCUT2D eigenvalue weighted by Crippen LogP contribution is 2.48. The van der Waals surface area contributed by atoms with Crippen molar-refractivity contribution in [2.75, 3.05) is 0 Å². The van der Waals surface area contributed by atoms with Crippen molar-refractivity contribution < 1.29 is 18.1 Å². The molecule has 0 saturated heterocycles. The minimum Gasteiger partial charge on any atom is -0.344 e. The Labute approximate surface area is 160 Å². The van der Waals surface area contributed by atoms with E-state index in [0.717, 1.165) is 23.8 Å². The summed E-state index contributed by atoms with van der Waals surface area (Å²) >= 11 is 0. The van der Waals surface area contributed by atoms with Gasteiger partial charge in [-0.3, -0.25) is 4.79 Å². The molecule has 7 heteroatoms. The van der Waals surface area contributed by atoms with Crippen LogP contribution in [-0.4, -0.2) is 16.0 Å². The van der Waals surface area contributed by atoms with Gasteiger partial charge in [-0.25, -0.2) is 8.78 Å². The number of nitrogens with zero attached hydrogens (tertiary/aromatic N) is 2. The third-order valence-corrected chi connectivity index (χ3v) is 4.90. The molecule has 28 heavy (non-hydrogen) atoms. The van der Waals surface area contributed by atoms with Crippen LogP contribution in [0, 0.1) is 17.6 Å². The fourth-order valence-corrected chi connectivity index (χ4v) is 3.30. The lowest BCUT2D eigenvalue weighted by Crippen LogP contribution is -2.28. The van der Waals surface area contributed by atoms with Crippen LogP contribution in [0.15, 0.2) is 53.1 Å². The number of carbonyl (C=O) groups excluding carboxylic acids is 1. The van der Waals surface area contributed by atoms with Crippen LogP contribution in [0.1, 0.15) is 48.1 Å². The van der Waals surface area contributed by atoms with Crippen molar-refractivity contribution >= 4 is 5.91 Å². The lowest BCUT2D eigenvalue weighted by Gasteiger charge is -2.09. The second-order valence-electron chi connectivity index (χ2n) is 7.06. The Morgan fingerprint density at radius 3 is 2.82 bits per heavy atom. The molecule has 1 fully saturated rings. The van der Waals surface area contributed by atoms with Crippen molar-refractivity contribution in [1.82, 2.24) is 15.5 Å². The Balaban J connectivity index is 1.36. The van der Waals surface area contributed by atoms with Crippen molar-refractivity contribution in [2.24, 2.45) is 5.92 Å². The molecular weight excluding hydrogens is 364 g/mol. The maximum absolute atomic E-state index is 13.9. The highest BCUT2D eigenvalue weighted by molar-refractivity contribution is 5.83. The summed E-state index contributed by atoms with van der Waals surface area (Å²) in [5.74, 6) is -1.07. The monoisotopic (exact) mass is 383 g/mol. The van der Waals surface area contributed by atoms with Crippen molar-refractivity contribution in [1.29, 1.82) is 0 Å². The molecule has 1 N–H and O–H groups in total. The van der Waals surface area contributed by atoms with Gasteiger partial charge in [0.1, 0.15) is 17.7 Å². The summed E-state index contributed by atoms with van der Waals surface area (Å²) in [7, 11) is 0. The van der Waals surface area contributed by atoms with Gasteiger partial charge in [-0.1, -0.05) is 35.5 Å². The maximum atomic E-state index is 13.9. The number of benzene rings is 2. The highest BCUT2D eigenvalue weighted by Gasteiger charge is 2.45. The number of halogens is 2. The van der Waals surface area contributed by atoms with Crippen LogP contribution in [0.3, 0.4) is 0 Å². The first-order valence-electron chi connectivity index (χ1n) is 9.13. The van der Waals surface area contributed by atoms with E-state index >= 15 is 0 Å². The molecule has 0 aliphatic heterocycles. The van der Waals surface area contributed by atoms with Crippen LogP contribution in [-0.2, 0) is 11.2 Å². The predicted octanol–water partition coefficient (Wildman–Crippen LogP) is 3.92. The Kier molecular flexibility index (Phi) is 4.90. The molecule has 1 heterocycles. The van der Waals surface area contributed by atoms with Crippen molar-refractivity contribution in [2.45, 2.75) is 31.7 Å². The fourth-order valence-electron chi connectivity index (χ4n) is 3.30. The smallest absolute Gasteiger partial charge is 0.248 e. The van der Waals surface area contributed by atoms with Crippen LogP contribution in [0.25, 0.3) is 0 Å². The summed E-state index contributed by atoms with van der Waals surface area (Å²) in [6, 6.07) is 12.6. The lowest BCUT2D eigenvalue weighted by atomic mass is 10.1. The van der Waals surface area contributed by atoms with E-state index in [9.17, 15) is 13.6 Å². The van der Waals surface area contributed by atoms with Gasteiger partial charge in [-0.15, -0.1) is 0 Å². The fraction of sp³-hybridized carbons (Fsp3) is 0.286. The Bertz CT molecular complexity index is 990. The zero-order valence-corrected chi connectivity index (χ0v) is 15.2. The average Bonchev–Trinajstić information content (AvgIpc) is 3.35. The summed E-state index contributed by atoms with van der Waals surface area (Å²) in [5.41, 5.74) is 1.31. The first-order valence-corrected chi connectivity index (χ1v) is 9.13. The molecule has 1 saturated carbocycles. The first kappa shape index (κ1) is 18.3. The third kappa shape index (κ3) is 3.93. The molecule has 5 nitrogen and oxygen atoms in total. The molecule has 144 valence electrons. The van der Waals surface area contributed by atoms with E-state index in [1.807, 2.05) is 30.3 Å². The quantitative estimate of drug-likeness (QED) is 0.701. The summed E-state index contributed by atoms with van der Waals surface area (Å²) in [4.78, 5) is 16.8. The molecule has 4 rings (SSSR count). The predicted molar refractivity (Wildman–Crippen MR) is 97.3 cm³/mol. The van der Waals surface area contributed by atoms with Crippen LogP contribution in [0.4, 0.5) is 8.78 Å². The second kappa shape index (κ2) is 7.50. The van der Waals surface area contributed by atoms with Gasteiger partial charge >= 0.3 is 0 Å². The van der Waals surface area contributed by atoms with E-state index in [2.05, 4.69) is 15.5 Å². The third-order valence-electron chi connectivity index (χ3n) is 4.90. The lowest BCUT2D eigenvalue weighted by molar-refractivity contribution is -0.123. The Hall–Kier alpha value is -3.09. The molecule has 3 atom stereocenters. The molecule has 1 aliphatic rings. The minimum atomic E-state index is -0.507. The molecule has 1 aromatic heterocycles. The van der Waals surface area contributed by atoms with E-state index < -0.39 is 17.7 Å². The normalized spacial score (nSPS) is 19.2.